The lowest BCUT2D eigenvalue weighted by Gasteiger charge is -2.42. The Morgan fingerprint density at radius 3 is 3.06 bits per heavy atom. The van der Waals surface area contributed by atoms with E-state index in [9.17, 15) is 4.79 Å². The normalized spacial score (nSPS) is 26.2. The van der Waals surface area contributed by atoms with Gasteiger partial charge < -0.3 is 15.0 Å². The van der Waals surface area contributed by atoms with Gasteiger partial charge in [-0.15, -0.1) is 0 Å². The monoisotopic (exact) mass is 232 g/mol. The molecule has 0 aromatic heterocycles. The van der Waals surface area contributed by atoms with E-state index in [1.807, 2.05) is 18.2 Å². The predicted octanol–water partition coefficient (Wildman–Crippen LogP) is 1.75. The summed E-state index contributed by atoms with van der Waals surface area (Å²) in [6, 6.07) is 5.70. The SMILES string of the molecule is COc1ccc2c(c1)C(=O)NC1(C)CCCN21. The molecule has 1 fully saturated rings. The molecular weight excluding hydrogens is 216 g/mol. The third kappa shape index (κ3) is 1.40. The summed E-state index contributed by atoms with van der Waals surface area (Å²) >= 11 is 0. The number of fused-ring (bicyclic) bond motifs is 3. The van der Waals surface area contributed by atoms with Crippen molar-refractivity contribution >= 4 is 11.6 Å². The summed E-state index contributed by atoms with van der Waals surface area (Å²) in [7, 11) is 1.61. The molecule has 4 heteroatoms. The molecule has 0 aliphatic carbocycles. The Kier molecular flexibility index (Phi) is 2.08. The lowest BCUT2D eigenvalue weighted by molar-refractivity contribution is 0.0897. The lowest BCUT2D eigenvalue weighted by Crippen LogP contribution is -2.59. The number of carbonyl (C=O) groups excluding carboxylic acids is 1. The van der Waals surface area contributed by atoms with Crippen molar-refractivity contribution in [1.82, 2.24) is 5.32 Å². The fourth-order valence-corrected chi connectivity index (χ4v) is 2.85. The molecule has 3 rings (SSSR count). The van der Waals surface area contributed by atoms with Crippen LogP contribution in [0.1, 0.15) is 30.1 Å². The third-order valence-corrected chi connectivity index (χ3v) is 3.76. The van der Waals surface area contributed by atoms with Crippen LogP contribution in [0.25, 0.3) is 0 Å². The molecule has 90 valence electrons. The molecule has 1 atom stereocenters. The summed E-state index contributed by atoms with van der Waals surface area (Å²) in [5.41, 5.74) is 1.52. The molecule has 0 radical (unpaired) electrons. The zero-order chi connectivity index (χ0) is 12.0. The minimum Gasteiger partial charge on any atom is -0.497 e. The van der Waals surface area contributed by atoms with Gasteiger partial charge in [0.25, 0.3) is 5.91 Å². The second kappa shape index (κ2) is 3.39. The van der Waals surface area contributed by atoms with Crippen molar-refractivity contribution in [2.75, 3.05) is 18.6 Å². The highest BCUT2D eigenvalue weighted by atomic mass is 16.5. The first-order valence-corrected chi connectivity index (χ1v) is 5.92. The summed E-state index contributed by atoms with van der Waals surface area (Å²) in [5.74, 6) is 0.723. The predicted molar refractivity (Wildman–Crippen MR) is 65.4 cm³/mol. The zero-order valence-electron chi connectivity index (χ0n) is 10.1. The van der Waals surface area contributed by atoms with Crippen LogP contribution in [0.5, 0.6) is 5.75 Å². The van der Waals surface area contributed by atoms with E-state index in [1.54, 1.807) is 7.11 Å². The largest absolute Gasteiger partial charge is 0.497 e. The average Bonchev–Trinajstić information content (AvgIpc) is 2.70. The summed E-state index contributed by atoms with van der Waals surface area (Å²) in [4.78, 5) is 14.4. The highest BCUT2D eigenvalue weighted by Crippen LogP contribution is 2.39. The number of ether oxygens (including phenoxy) is 1. The number of methoxy groups -OCH3 is 1. The third-order valence-electron chi connectivity index (χ3n) is 3.76. The smallest absolute Gasteiger partial charge is 0.255 e. The molecule has 2 aliphatic heterocycles. The Labute approximate surface area is 101 Å². The molecule has 17 heavy (non-hydrogen) atoms. The molecule has 1 saturated heterocycles. The van der Waals surface area contributed by atoms with Crippen LogP contribution in [0.2, 0.25) is 0 Å². The van der Waals surface area contributed by atoms with Crippen molar-refractivity contribution in [2.24, 2.45) is 0 Å². The number of amides is 1. The number of nitrogens with zero attached hydrogens (tertiary/aromatic N) is 1. The number of hydrogen-bond acceptors (Lipinski definition) is 3. The quantitative estimate of drug-likeness (QED) is 0.802. The highest BCUT2D eigenvalue weighted by Gasteiger charge is 2.43. The molecule has 0 saturated carbocycles. The van der Waals surface area contributed by atoms with Gasteiger partial charge in [0.2, 0.25) is 0 Å². The van der Waals surface area contributed by atoms with Gasteiger partial charge in [-0.05, 0) is 38.0 Å². The van der Waals surface area contributed by atoms with Crippen molar-refractivity contribution in [3.05, 3.63) is 23.8 Å². The summed E-state index contributed by atoms with van der Waals surface area (Å²) in [6.45, 7) is 3.08. The molecule has 1 N–H and O–H groups in total. The first kappa shape index (κ1) is 10.4. The Bertz CT molecular complexity index is 486. The Hall–Kier alpha value is -1.71. The van der Waals surface area contributed by atoms with Crippen LogP contribution in [-0.4, -0.2) is 25.2 Å². The van der Waals surface area contributed by atoms with E-state index in [-0.39, 0.29) is 11.6 Å². The number of hydrogen-bond donors (Lipinski definition) is 1. The highest BCUT2D eigenvalue weighted by molar-refractivity contribution is 6.03. The van der Waals surface area contributed by atoms with Crippen LogP contribution < -0.4 is 15.0 Å². The topological polar surface area (TPSA) is 41.6 Å². The van der Waals surface area contributed by atoms with E-state index in [2.05, 4.69) is 17.1 Å². The van der Waals surface area contributed by atoms with Crippen molar-refractivity contribution in [2.45, 2.75) is 25.4 Å². The van der Waals surface area contributed by atoms with E-state index in [4.69, 9.17) is 4.74 Å². The first-order chi connectivity index (χ1) is 8.14. The minimum absolute atomic E-state index is 0.000417. The van der Waals surface area contributed by atoms with Gasteiger partial charge in [0, 0.05) is 6.54 Å². The maximum atomic E-state index is 12.1. The summed E-state index contributed by atoms with van der Waals surface area (Å²) in [6.07, 6.45) is 2.12. The first-order valence-electron chi connectivity index (χ1n) is 5.92. The fraction of sp³-hybridized carbons (Fsp3) is 0.462. The fourth-order valence-electron chi connectivity index (χ4n) is 2.85. The Morgan fingerprint density at radius 1 is 1.47 bits per heavy atom. The van der Waals surface area contributed by atoms with Gasteiger partial charge in [0.1, 0.15) is 11.4 Å². The van der Waals surface area contributed by atoms with Crippen molar-refractivity contribution < 1.29 is 9.53 Å². The van der Waals surface area contributed by atoms with Crippen LogP contribution >= 0.6 is 0 Å². The van der Waals surface area contributed by atoms with Gasteiger partial charge in [-0.25, -0.2) is 0 Å². The van der Waals surface area contributed by atoms with E-state index in [1.165, 1.54) is 0 Å². The Balaban J connectivity index is 2.13. The summed E-state index contributed by atoms with van der Waals surface area (Å²) in [5, 5.41) is 3.09. The van der Waals surface area contributed by atoms with Gasteiger partial charge >= 0.3 is 0 Å². The molecular formula is C13H16N2O2. The van der Waals surface area contributed by atoms with E-state index in [0.717, 1.165) is 30.8 Å². The van der Waals surface area contributed by atoms with Crippen LogP contribution in [0, 0.1) is 0 Å². The molecule has 2 heterocycles. The van der Waals surface area contributed by atoms with Crippen LogP contribution in [0.3, 0.4) is 0 Å². The number of anilines is 1. The molecule has 0 bridgehead atoms. The number of rotatable bonds is 1. The molecule has 1 aromatic rings. The van der Waals surface area contributed by atoms with Gasteiger partial charge in [-0.3, -0.25) is 4.79 Å². The molecule has 0 spiro atoms. The van der Waals surface area contributed by atoms with Gasteiger partial charge in [0.15, 0.2) is 0 Å². The summed E-state index contributed by atoms with van der Waals surface area (Å²) < 4.78 is 5.17. The average molecular weight is 232 g/mol. The van der Waals surface area contributed by atoms with Crippen molar-refractivity contribution in [3.63, 3.8) is 0 Å². The Morgan fingerprint density at radius 2 is 2.29 bits per heavy atom. The molecule has 4 nitrogen and oxygen atoms in total. The van der Waals surface area contributed by atoms with E-state index in [0.29, 0.717) is 5.56 Å². The van der Waals surface area contributed by atoms with Crippen LogP contribution in [0.4, 0.5) is 5.69 Å². The van der Waals surface area contributed by atoms with Crippen LogP contribution in [-0.2, 0) is 0 Å². The molecule has 1 unspecified atom stereocenters. The maximum Gasteiger partial charge on any atom is 0.255 e. The number of carbonyl (C=O) groups is 1. The zero-order valence-corrected chi connectivity index (χ0v) is 10.1. The van der Waals surface area contributed by atoms with Crippen molar-refractivity contribution in [3.8, 4) is 5.75 Å². The van der Waals surface area contributed by atoms with Crippen LogP contribution in [0.15, 0.2) is 18.2 Å². The minimum atomic E-state index is -0.210. The van der Waals surface area contributed by atoms with Gasteiger partial charge in [0.05, 0.1) is 18.4 Å². The van der Waals surface area contributed by atoms with Crippen molar-refractivity contribution in [1.29, 1.82) is 0 Å². The second-order valence-corrected chi connectivity index (χ2v) is 4.87. The number of nitrogens with one attached hydrogen (secondary N) is 1. The molecule has 1 amide bonds. The molecule has 1 aromatic carbocycles. The number of benzene rings is 1. The second-order valence-electron chi connectivity index (χ2n) is 4.87. The van der Waals surface area contributed by atoms with E-state index >= 15 is 0 Å². The maximum absolute atomic E-state index is 12.1. The standard InChI is InChI=1S/C13H16N2O2/c1-13-6-3-7-15(13)11-5-4-9(17-2)8-10(11)12(16)14-13/h4-5,8H,3,6-7H2,1-2H3,(H,14,16). The van der Waals surface area contributed by atoms with Gasteiger partial charge in [-0.2, -0.15) is 0 Å². The lowest BCUT2D eigenvalue weighted by atomic mass is 10.0. The molecule has 2 aliphatic rings. The van der Waals surface area contributed by atoms with Gasteiger partial charge in [-0.1, -0.05) is 0 Å². The van der Waals surface area contributed by atoms with E-state index < -0.39 is 0 Å².